The minimum Gasteiger partial charge on any atom is -0.363 e. The summed E-state index contributed by atoms with van der Waals surface area (Å²) < 4.78 is 0.524. The number of nitrogens with one attached hydrogen (secondary N) is 2. The van der Waals surface area contributed by atoms with Crippen LogP contribution in [0.15, 0.2) is 6.07 Å². The summed E-state index contributed by atoms with van der Waals surface area (Å²) in [6.07, 6.45) is 0. The van der Waals surface area contributed by atoms with Crippen molar-refractivity contribution in [1.29, 1.82) is 0 Å². The van der Waals surface area contributed by atoms with Crippen molar-refractivity contribution in [3.8, 4) is 0 Å². The molecule has 0 bridgehead atoms. The smallest absolute Gasteiger partial charge is 0.198 e. The van der Waals surface area contributed by atoms with Crippen molar-refractivity contribution >= 4 is 18.0 Å². The maximum Gasteiger partial charge on any atom is 0.198 e. The molecular weight excluding hydrogens is 184 g/mol. The van der Waals surface area contributed by atoms with E-state index in [1.807, 2.05) is 32.1 Å². The van der Waals surface area contributed by atoms with Crippen molar-refractivity contribution in [2.45, 2.75) is 6.54 Å². The Morgan fingerprint density at radius 1 is 1.62 bits per heavy atom. The molecule has 0 aliphatic rings. The van der Waals surface area contributed by atoms with Crippen molar-refractivity contribution in [2.75, 3.05) is 26.0 Å². The second-order valence-corrected chi connectivity index (χ2v) is 3.38. The van der Waals surface area contributed by atoms with Crippen molar-refractivity contribution < 1.29 is 0 Å². The SMILES string of the molecule is CNCc1cc(N(C)C)nc(=S)[nH]1. The summed E-state index contributed by atoms with van der Waals surface area (Å²) in [6.45, 7) is 0.771. The molecule has 0 aliphatic carbocycles. The van der Waals surface area contributed by atoms with Crippen LogP contribution >= 0.6 is 12.2 Å². The van der Waals surface area contributed by atoms with Crippen molar-refractivity contribution in [2.24, 2.45) is 0 Å². The lowest BCUT2D eigenvalue weighted by atomic mass is 10.4. The molecule has 0 unspecified atom stereocenters. The summed E-state index contributed by atoms with van der Waals surface area (Å²) in [4.78, 5) is 9.12. The number of anilines is 1. The molecular formula is C8H14N4S. The van der Waals surface area contributed by atoms with Crippen molar-refractivity contribution in [1.82, 2.24) is 15.3 Å². The molecule has 13 heavy (non-hydrogen) atoms. The third-order valence-electron chi connectivity index (χ3n) is 1.61. The molecule has 2 N–H and O–H groups in total. The third-order valence-corrected chi connectivity index (χ3v) is 1.81. The number of aromatic amines is 1. The molecule has 0 spiro atoms. The van der Waals surface area contributed by atoms with Gasteiger partial charge in [0.05, 0.1) is 0 Å². The van der Waals surface area contributed by atoms with Crippen LogP contribution in [0.2, 0.25) is 0 Å². The molecule has 1 rings (SSSR count). The number of aromatic nitrogens is 2. The molecule has 0 aliphatic heterocycles. The lowest BCUT2D eigenvalue weighted by Gasteiger charge is -2.11. The summed E-state index contributed by atoms with van der Waals surface area (Å²) in [6, 6.07) is 1.98. The van der Waals surface area contributed by atoms with E-state index in [2.05, 4.69) is 15.3 Å². The maximum atomic E-state index is 5.00. The fraction of sp³-hybridized carbons (Fsp3) is 0.500. The fourth-order valence-electron chi connectivity index (χ4n) is 1.01. The maximum absolute atomic E-state index is 5.00. The van der Waals surface area contributed by atoms with Crippen LogP contribution in [0.1, 0.15) is 5.69 Å². The van der Waals surface area contributed by atoms with Gasteiger partial charge in [0.2, 0.25) is 0 Å². The highest BCUT2D eigenvalue weighted by Gasteiger charge is 1.99. The Kier molecular flexibility index (Phi) is 3.39. The average molecular weight is 198 g/mol. The van der Waals surface area contributed by atoms with Crippen LogP contribution in [0.3, 0.4) is 0 Å². The van der Waals surface area contributed by atoms with Gasteiger partial charge in [-0.2, -0.15) is 0 Å². The largest absolute Gasteiger partial charge is 0.363 e. The molecule has 72 valence electrons. The molecule has 1 aromatic heterocycles. The molecule has 0 amide bonds. The Morgan fingerprint density at radius 2 is 2.31 bits per heavy atom. The first-order valence-electron chi connectivity index (χ1n) is 4.05. The number of rotatable bonds is 3. The van der Waals surface area contributed by atoms with E-state index in [1.165, 1.54) is 0 Å². The molecule has 0 atom stereocenters. The Morgan fingerprint density at radius 3 is 2.85 bits per heavy atom. The predicted octanol–water partition coefficient (Wildman–Crippen LogP) is 0.925. The Bertz CT molecular complexity index is 331. The molecule has 0 radical (unpaired) electrons. The molecule has 0 saturated heterocycles. The van der Waals surface area contributed by atoms with E-state index in [0.29, 0.717) is 4.77 Å². The van der Waals surface area contributed by atoms with Gasteiger partial charge in [0.15, 0.2) is 4.77 Å². The van der Waals surface area contributed by atoms with E-state index in [-0.39, 0.29) is 0 Å². The molecule has 0 aromatic carbocycles. The van der Waals surface area contributed by atoms with Crippen LogP contribution in [0, 0.1) is 4.77 Å². The summed E-state index contributed by atoms with van der Waals surface area (Å²) in [5.74, 6) is 0.883. The van der Waals surface area contributed by atoms with Gasteiger partial charge in [-0.3, -0.25) is 0 Å². The quantitative estimate of drug-likeness (QED) is 0.709. The highest BCUT2D eigenvalue weighted by Crippen LogP contribution is 2.07. The number of nitrogens with zero attached hydrogens (tertiary/aromatic N) is 2. The van der Waals surface area contributed by atoms with Gasteiger partial charge in [0.1, 0.15) is 5.82 Å². The topological polar surface area (TPSA) is 44.0 Å². The van der Waals surface area contributed by atoms with Crippen molar-refractivity contribution in [3.05, 3.63) is 16.5 Å². The Balaban J connectivity index is 3.04. The molecule has 5 heteroatoms. The molecule has 0 fully saturated rings. The lowest BCUT2D eigenvalue weighted by Crippen LogP contribution is -2.14. The van der Waals surface area contributed by atoms with E-state index in [1.54, 1.807) is 0 Å². The van der Waals surface area contributed by atoms with Gasteiger partial charge in [0.25, 0.3) is 0 Å². The fourth-order valence-corrected chi connectivity index (χ4v) is 1.23. The minimum atomic E-state index is 0.524. The van der Waals surface area contributed by atoms with Gasteiger partial charge >= 0.3 is 0 Å². The van der Waals surface area contributed by atoms with E-state index >= 15 is 0 Å². The number of hydrogen-bond acceptors (Lipinski definition) is 4. The van der Waals surface area contributed by atoms with Gasteiger partial charge in [0, 0.05) is 32.4 Å². The van der Waals surface area contributed by atoms with Crippen LogP contribution in [-0.4, -0.2) is 31.1 Å². The van der Waals surface area contributed by atoms with E-state index in [0.717, 1.165) is 18.1 Å². The molecule has 4 nitrogen and oxygen atoms in total. The zero-order chi connectivity index (χ0) is 9.84. The predicted molar refractivity (Wildman–Crippen MR) is 56.5 cm³/mol. The van der Waals surface area contributed by atoms with Crippen molar-refractivity contribution in [3.63, 3.8) is 0 Å². The summed E-state index contributed by atoms with van der Waals surface area (Å²) in [5.41, 5.74) is 1.05. The molecule has 0 saturated carbocycles. The van der Waals surface area contributed by atoms with E-state index < -0.39 is 0 Å². The minimum absolute atomic E-state index is 0.524. The van der Waals surface area contributed by atoms with Crippen LogP contribution < -0.4 is 10.2 Å². The van der Waals surface area contributed by atoms with Gasteiger partial charge in [-0.1, -0.05) is 0 Å². The van der Waals surface area contributed by atoms with Gasteiger partial charge in [-0.05, 0) is 19.3 Å². The van der Waals surface area contributed by atoms with Gasteiger partial charge < -0.3 is 15.2 Å². The normalized spacial score (nSPS) is 10.1. The lowest BCUT2D eigenvalue weighted by molar-refractivity contribution is 0.781. The van der Waals surface area contributed by atoms with E-state index in [9.17, 15) is 0 Å². The summed E-state index contributed by atoms with van der Waals surface area (Å²) >= 11 is 5.00. The first-order chi connectivity index (χ1) is 6.13. The van der Waals surface area contributed by atoms with Crippen LogP contribution in [-0.2, 0) is 6.54 Å². The number of H-pyrrole nitrogens is 1. The highest BCUT2D eigenvalue weighted by atomic mass is 32.1. The standard InChI is InChI=1S/C8H14N4S/c1-9-5-6-4-7(12(2)3)11-8(13)10-6/h4,9H,5H2,1-3H3,(H,10,11,13). The van der Waals surface area contributed by atoms with E-state index in [4.69, 9.17) is 12.2 Å². The van der Waals surface area contributed by atoms with Gasteiger partial charge in [-0.25, -0.2) is 4.98 Å². The van der Waals surface area contributed by atoms with Crippen LogP contribution in [0.25, 0.3) is 0 Å². The summed E-state index contributed by atoms with van der Waals surface area (Å²) in [7, 11) is 5.78. The average Bonchev–Trinajstić information content (AvgIpc) is 2.03. The highest BCUT2D eigenvalue weighted by molar-refractivity contribution is 7.71. The molecule has 1 heterocycles. The monoisotopic (exact) mass is 198 g/mol. The zero-order valence-electron chi connectivity index (χ0n) is 8.09. The first kappa shape index (κ1) is 10.1. The molecule has 1 aromatic rings. The third kappa shape index (κ3) is 2.78. The zero-order valence-corrected chi connectivity index (χ0v) is 8.90. The Hall–Kier alpha value is -0.940. The summed E-state index contributed by atoms with van der Waals surface area (Å²) in [5, 5.41) is 3.05. The van der Waals surface area contributed by atoms with Crippen LogP contribution in [0.5, 0.6) is 0 Å². The Labute approximate surface area is 83.0 Å². The van der Waals surface area contributed by atoms with Gasteiger partial charge in [-0.15, -0.1) is 0 Å². The second-order valence-electron chi connectivity index (χ2n) is 2.99. The second kappa shape index (κ2) is 4.34. The van der Waals surface area contributed by atoms with Crippen LogP contribution in [0.4, 0.5) is 5.82 Å². The first-order valence-corrected chi connectivity index (χ1v) is 4.46. The number of hydrogen-bond donors (Lipinski definition) is 2.